The SMILES string of the molecule is Oc1c(O)c(O)c2c(=S)cc(-c3ccccc3)oc2c1-c1ccc(C(F)(F)F)cc1. The van der Waals surface area contributed by atoms with Gasteiger partial charge in [0.15, 0.2) is 17.1 Å². The van der Waals surface area contributed by atoms with Crippen molar-refractivity contribution in [1.82, 2.24) is 0 Å². The fourth-order valence-corrected chi connectivity index (χ4v) is 3.49. The molecule has 152 valence electrons. The van der Waals surface area contributed by atoms with Crippen LogP contribution in [0.2, 0.25) is 0 Å². The first-order chi connectivity index (χ1) is 14.2. The minimum Gasteiger partial charge on any atom is -0.504 e. The number of benzene rings is 3. The van der Waals surface area contributed by atoms with Gasteiger partial charge in [0, 0.05) is 11.6 Å². The molecule has 0 amide bonds. The van der Waals surface area contributed by atoms with Crippen molar-refractivity contribution in [2.45, 2.75) is 6.18 Å². The van der Waals surface area contributed by atoms with Gasteiger partial charge in [-0.2, -0.15) is 13.2 Å². The van der Waals surface area contributed by atoms with Crippen molar-refractivity contribution in [3.63, 3.8) is 0 Å². The minimum absolute atomic E-state index is 0.0325. The van der Waals surface area contributed by atoms with Crippen molar-refractivity contribution in [2.75, 3.05) is 0 Å². The molecule has 8 heteroatoms. The predicted octanol–water partition coefficient (Wildman–Crippen LogP) is 6.63. The Hall–Kier alpha value is -3.52. The normalized spacial score (nSPS) is 11.7. The third-order valence-corrected chi connectivity index (χ3v) is 4.98. The molecule has 0 saturated heterocycles. The van der Waals surface area contributed by atoms with Crippen LogP contribution >= 0.6 is 12.2 Å². The number of hydrogen-bond acceptors (Lipinski definition) is 5. The van der Waals surface area contributed by atoms with Crippen LogP contribution in [-0.2, 0) is 6.18 Å². The van der Waals surface area contributed by atoms with Crippen LogP contribution in [0.4, 0.5) is 13.2 Å². The zero-order valence-electron chi connectivity index (χ0n) is 15.1. The maximum Gasteiger partial charge on any atom is 0.416 e. The third kappa shape index (κ3) is 3.25. The Bertz CT molecular complexity index is 1310. The van der Waals surface area contributed by atoms with Gasteiger partial charge in [0.1, 0.15) is 5.76 Å². The van der Waals surface area contributed by atoms with Gasteiger partial charge in [-0.05, 0) is 17.7 Å². The Kier molecular flexibility index (Phi) is 4.66. The van der Waals surface area contributed by atoms with E-state index in [4.69, 9.17) is 16.6 Å². The molecular formula is C22H13F3O4S. The van der Waals surface area contributed by atoms with Gasteiger partial charge in [-0.25, -0.2) is 0 Å². The Balaban J connectivity index is 2.05. The first-order valence-electron chi connectivity index (χ1n) is 8.66. The topological polar surface area (TPSA) is 73.8 Å². The summed E-state index contributed by atoms with van der Waals surface area (Å²) in [7, 11) is 0. The molecule has 0 saturated carbocycles. The van der Waals surface area contributed by atoms with E-state index < -0.39 is 29.0 Å². The van der Waals surface area contributed by atoms with E-state index in [0.717, 1.165) is 24.3 Å². The molecule has 30 heavy (non-hydrogen) atoms. The van der Waals surface area contributed by atoms with Crippen LogP contribution in [0.5, 0.6) is 17.2 Å². The van der Waals surface area contributed by atoms with Crippen LogP contribution in [0, 0.1) is 4.51 Å². The zero-order valence-corrected chi connectivity index (χ0v) is 15.9. The summed E-state index contributed by atoms with van der Waals surface area (Å²) in [5, 5.41) is 30.9. The van der Waals surface area contributed by atoms with Gasteiger partial charge in [-0.1, -0.05) is 54.7 Å². The van der Waals surface area contributed by atoms with E-state index in [2.05, 4.69) is 0 Å². The van der Waals surface area contributed by atoms with Gasteiger partial charge in [-0.15, -0.1) is 0 Å². The van der Waals surface area contributed by atoms with Crippen LogP contribution in [0.3, 0.4) is 0 Å². The summed E-state index contributed by atoms with van der Waals surface area (Å²) in [6.45, 7) is 0. The molecule has 0 atom stereocenters. The van der Waals surface area contributed by atoms with Gasteiger partial charge in [0.25, 0.3) is 0 Å². The summed E-state index contributed by atoms with van der Waals surface area (Å²) >= 11 is 5.35. The summed E-state index contributed by atoms with van der Waals surface area (Å²) in [5.74, 6) is -1.92. The number of rotatable bonds is 2. The van der Waals surface area contributed by atoms with Gasteiger partial charge in [0.05, 0.1) is 21.0 Å². The smallest absolute Gasteiger partial charge is 0.416 e. The Morgan fingerprint density at radius 3 is 2.00 bits per heavy atom. The molecule has 0 aliphatic heterocycles. The fourth-order valence-electron chi connectivity index (χ4n) is 3.19. The molecule has 4 rings (SSSR count). The van der Waals surface area contributed by atoms with E-state index in [1.807, 2.05) is 6.07 Å². The number of hydrogen-bond donors (Lipinski definition) is 3. The van der Waals surface area contributed by atoms with Crippen molar-refractivity contribution in [3.05, 3.63) is 70.7 Å². The van der Waals surface area contributed by atoms with Gasteiger partial charge in [-0.3, -0.25) is 0 Å². The van der Waals surface area contributed by atoms with E-state index in [0.29, 0.717) is 11.3 Å². The van der Waals surface area contributed by atoms with Gasteiger partial charge >= 0.3 is 6.18 Å². The first kappa shape index (κ1) is 19.8. The quantitative estimate of drug-likeness (QED) is 0.246. The Morgan fingerprint density at radius 1 is 0.767 bits per heavy atom. The van der Waals surface area contributed by atoms with Crippen molar-refractivity contribution in [3.8, 4) is 39.7 Å². The molecule has 0 aliphatic rings. The number of phenolic OH excluding ortho intramolecular Hbond substituents is 3. The standard InChI is InChI=1S/C22H13F3O4S/c23-22(24,25)13-8-6-12(7-9-13)16-18(26)20(28)19(27)17-15(30)10-14(29-21(16)17)11-4-2-1-3-5-11/h1-10,26-28H. The monoisotopic (exact) mass is 430 g/mol. The molecule has 1 aromatic heterocycles. The highest BCUT2D eigenvalue weighted by atomic mass is 32.1. The van der Waals surface area contributed by atoms with E-state index in [1.165, 1.54) is 6.07 Å². The molecular weight excluding hydrogens is 417 g/mol. The van der Waals surface area contributed by atoms with Crippen LogP contribution in [-0.4, -0.2) is 15.3 Å². The highest BCUT2D eigenvalue weighted by molar-refractivity contribution is 7.71. The molecule has 3 aromatic carbocycles. The number of phenols is 3. The molecule has 4 nitrogen and oxygen atoms in total. The van der Waals surface area contributed by atoms with E-state index >= 15 is 0 Å². The lowest BCUT2D eigenvalue weighted by Gasteiger charge is -2.14. The van der Waals surface area contributed by atoms with Crippen LogP contribution in [0.1, 0.15) is 5.56 Å². The molecule has 4 aromatic rings. The lowest BCUT2D eigenvalue weighted by molar-refractivity contribution is -0.137. The first-order valence-corrected chi connectivity index (χ1v) is 9.07. The highest BCUT2D eigenvalue weighted by Crippen LogP contribution is 2.50. The summed E-state index contributed by atoms with van der Waals surface area (Å²) in [6.07, 6.45) is -4.53. The molecule has 0 aliphatic carbocycles. The molecule has 3 N–H and O–H groups in total. The predicted molar refractivity (Wildman–Crippen MR) is 108 cm³/mol. The maximum atomic E-state index is 12.9. The largest absolute Gasteiger partial charge is 0.504 e. The average molecular weight is 430 g/mol. The fraction of sp³-hybridized carbons (Fsp3) is 0.0455. The summed E-state index contributed by atoms with van der Waals surface area (Å²) in [4.78, 5) is 0. The number of halogens is 3. The van der Waals surface area contributed by atoms with Crippen molar-refractivity contribution in [2.24, 2.45) is 0 Å². The number of aromatic hydroxyl groups is 3. The lowest BCUT2D eigenvalue weighted by Crippen LogP contribution is -2.04. The molecule has 0 fully saturated rings. The second-order valence-corrected chi connectivity index (χ2v) is 6.98. The zero-order chi connectivity index (χ0) is 21.6. The molecule has 0 radical (unpaired) electrons. The molecule has 0 unspecified atom stereocenters. The number of alkyl halides is 3. The second kappa shape index (κ2) is 7.07. The van der Waals surface area contributed by atoms with E-state index in [-0.39, 0.29) is 26.6 Å². The van der Waals surface area contributed by atoms with Crippen molar-refractivity contribution >= 4 is 23.2 Å². The van der Waals surface area contributed by atoms with E-state index in [1.54, 1.807) is 24.3 Å². The van der Waals surface area contributed by atoms with Crippen molar-refractivity contribution < 1.29 is 32.9 Å². The van der Waals surface area contributed by atoms with Crippen LogP contribution < -0.4 is 0 Å². The Labute approximate surface area is 173 Å². The highest BCUT2D eigenvalue weighted by Gasteiger charge is 2.30. The summed E-state index contributed by atoms with van der Waals surface area (Å²) in [6, 6.07) is 14.3. The minimum atomic E-state index is -4.53. The van der Waals surface area contributed by atoms with Crippen LogP contribution in [0.15, 0.2) is 65.1 Å². The summed E-state index contributed by atoms with van der Waals surface area (Å²) < 4.78 is 44.8. The van der Waals surface area contributed by atoms with Gasteiger partial charge in [0.2, 0.25) is 5.75 Å². The molecule has 0 spiro atoms. The van der Waals surface area contributed by atoms with Gasteiger partial charge < -0.3 is 19.7 Å². The third-order valence-electron chi connectivity index (χ3n) is 4.66. The second-order valence-electron chi connectivity index (χ2n) is 6.54. The lowest BCUT2D eigenvalue weighted by atomic mass is 9.98. The average Bonchev–Trinajstić information content (AvgIpc) is 2.72. The van der Waals surface area contributed by atoms with Crippen molar-refractivity contribution in [1.29, 1.82) is 0 Å². The molecule has 1 heterocycles. The molecule has 0 bridgehead atoms. The van der Waals surface area contributed by atoms with Crippen LogP contribution in [0.25, 0.3) is 33.4 Å². The Morgan fingerprint density at radius 2 is 1.40 bits per heavy atom. The maximum absolute atomic E-state index is 12.9. The number of fused-ring (bicyclic) bond motifs is 1. The van der Waals surface area contributed by atoms with E-state index in [9.17, 15) is 28.5 Å². The summed E-state index contributed by atoms with van der Waals surface area (Å²) in [5.41, 5.74) is -0.212.